The molecule has 2 aromatic rings. The number of likely N-dealkylation sites (N-methyl/N-ethyl adjacent to an activating group) is 1. The van der Waals surface area contributed by atoms with Crippen molar-refractivity contribution >= 4 is 5.91 Å². The van der Waals surface area contributed by atoms with Gasteiger partial charge in [0.25, 0.3) is 5.91 Å². The van der Waals surface area contributed by atoms with E-state index in [1.165, 1.54) is 0 Å². The van der Waals surface area contributed by atoms with E-state index in [0.717, 1.165) is 22.6 Å². The monoisotopic (exact) mass is 342 g/mol. The number of hydrogen-bond acceptors (Lipinski definition) is 4. The number of hydrogen-bond donors (Lipinski definition) is 1. The summed E-state index contributed by atoms with van der Waals surface area (Å²) in [6.07, 6.45) is 0. The van der Waals surface area contributed by atoms with Gasteiger partial charge in [0.1, 0.15) is 11.5 Å². The van der Waals surface area contributed by atoms with Crippen LogP contribution in [0.2, 0.25) is 0 Å². The van der Waals surface area contributed by atoms with E-state index in [-0.39, 0.29) is 18.6 Å². The van der Waals surface area contributed by atoms with Crippen LogP contribution < -0.4 is 14.8 Å². The van der Waals surface area contributed by atoms with Crippen LogP contribution in [0.25, 0.3) is 0 Å². The summed E-state index contributed by atoms with van der Waals surface area (Å²) in [5.41, 5.74) is 2.05. The van der Waals surface area contributed by atoms with Crippen molar-refractivity contribution in [2.45, 2.75) is 13.0 Å². The molecule has 1 amide bonds. The van der Waals surface area contributed by atoms with E-state index in [4.69, 9.17) is 9.47 Å². The van der Waals surface area contributed by atoms with Gasteiger partial charge in [0.2, 0.25) is 0 Å². The van der Waals surface area contributed by atoms with Gasteiger partial charge < -0.3 is 19.7 Å². The zero-order chi connectivity index (χ0) is 18.2. The minimum absolute atomic E-state index is 0.00305. The topological polar surface area (TPSA) is 50.8 Å². The van der Waals surface area contributed by atoms with Crippen molar-refractivity contribution in [3.8, 4) is 11.5 Å². The molecule has 134 valence electrons. The predicted molar refractivity (Wildman–Crippen MR) is 99.1 cm³/mol. The summed E-state index contributed by atoms with van der Waals surface area (Å²) in [5, 5.41) is 2.94. The number of nitrogens with one attached hydrogen (secondary N) is 1. The largest absolute Gasteiger partial charge is 0.496 e. The van der Waals surface area contributed by atoms with Crippen LogP contribution in [0.4, 0.5) is 0 Å². The number of para-hydroxylation sites is 2. The van der Waals surface area contributed by atoms with Gasteiger partial charge >= 0.3 is 0 Å². The Hall–Kier alpha value is -2.53. The molecule has 5 heteroatoms. The number of amides is 1. The number of aryl methyl sites for hydroxylation is 1. The highest BCUT2D eigenvalue weighted by Gasteiger charge is 2.19. The quantitative estimate of drug-likeness (QED) is 0.801. The Balaban J connectivity index is 1.95. The van der Waals surface area contributed by atoms with Gasteiger partial charge in [-0.15, -0.1) is 0 Å². The molecular weight excluding hydrogens is 316 g/mol. The molecule has 0 fully saturated rings. The predicted octanol–water partition coefficient (Wildman–Crippen LogP) is 2.80. The molecule has 0 aromatic heterocycles. The van der Waals surface area contributed by atoms with Crippen LogP contribution in [-0.2, 0) is 4.79 Å². The van der Waals surface area contributed by atoms with Gasteiger partial charge in [-0.3, -0.25) is 4.79 Å². The molecule has 0 radical (unpaired) electrons. The molecular formula is C20H26N2O3. The first-order chi connectivity index (χ1) is 12.0. The van der Waals surface area contributed by atoms with Crippen LogP contribution in [0.15, 0.2) is 48.5 Å². The Morgan fingerprint density at radius 3 is 2.36 bits per heavy atom. The molecule has 25 heavy (non-hydrogen) atoms. The smallest absolute Gasteiger partial charge is 0.258 e. The van der Waals surface area contributed by atoms with E-state index in [1.54, 1.807) is 7.11 Å². The highest BCUT2D eigenvalue weighted by Crippen LogP contribution is 2.27. The molecule has 0 aliphatic carbocycles. The minimum Gasteiger partial charge on any atom is -0.496 e. The van der Waals surface area contributed by atoms with Crippen molar-refractivity contribution in [3.05, 3.63) is 59.7 Å². The Bertz CT molecular complexity index is 701. The number of carbonyl (C=O) groups excluding carboxylic acids is 1. The van der Waals surface area contributed by atoms with E-state index < -0.39 is 0 Å². The Labute approximate surface area is 149 Å². The first-order valence-electron chi connectivity index (χ1n) is 8.27. The van der Waals surface area contributed by atoms with E-state index in [2.05, 4.69) is 10.2 Å². The standard InChI is InChI=1S/C20H26N2O3/c1-15-9-5-7-11-18(15)25-14-20(23)21-13-17(22(2)3)16-10-6-8-12-19(16)24-4/h5-12,17H,13-14H2,1-4H3,(H,21,23). The minimum atomic E-state index is -0.148. The molecule has 1 unspecified atom stereocenters. The van der Waals surface area contributed by atoms with Crippen molar-refractivity contribution in [1.29, 1.82) is 0 Å². The summed E-state index contributed by atoms with van der Waals surface area (Å²) in [5.74, 6) is 1.39. The molecule has 1 N–H and O–H groups in total. The summed E-state index contributed by atoms with van der Waals surface area (Å²) in [6, 6.07) is 15.5. The molecule has 0 heterocycles. The number of carbonyl (C=O) groups is 1. The number of nitrogens with zero attached hydrogens (tertiary/aromatic N) is 1. The lowest BCUT2D eigenvalue weighted by atomic mass is 10.0. The highest BCUT2D eigenvalue weighted by atomic mass is 16.5. The molecule has 0 saturated carbocycles. The van der Waals surface area contributed by atoms with Crippen molar-refractivity contribution in [1.82, 2.24) is 10.2 Å². The van der Waals surface area contributed by atoms with Gasteiger partial charge in [0, 0.05) is 12.1 Å². The second-order valence-corrected chi connectivity index (χ2v) is 6.08. The molecule has 1 atom stereocenters. The molecule has 0 spiro atoms. The molecule has 0 saturated heterocycles. The fraction of sp³-hybridized carbons (Fsp3) is 0.350. The summed E-state index contributed by atoms with van der Waals surface area (Å²) in [4.78, 5) is 14.2. The van der Waals surface area contributed by atoms with Crippen molar-refractivity contribution in [3.63, 3.8) is 0 Å². The summed E-state index contributed by atoms with van der Waals surface area (Å²) >= 11 is 0. The average Bonchev–Trinajstić information content (AvgIpc) is 2.61. The van der Waals surface area contributed by atoms with Crippen molar-refractivity contribution in [2.75, 3.05) is 34.4 Å². The lowest BCUT2D eigenvalue weighted by molar-refractivity contribution is -0.123. The fourth-order valence-electron chi connectivity index (χ4n) is 2.64. The summed E-state index contributed by atoms with van der Waals surface area (Å²) in [7, 11) is 5.61. The zero-order valence-electron chi connectivity index (χ0n) is 15.3. The van der Waals surface area contributed by atoms with Crippen molar-refractivity contribution < 1.29 is 14.3 Å². The SMILES string of the molecule is COc1ccccc1C(CNC(=O)COc1ccccc1C)N(C)C. The maximum atomic E-state index is 12.2. The van der Waals surface area contributed by atoms with Gasteiger partial charge in [-0.2, -0.15) is 0 Å². The van der Waals surface area contributed by atoms with Crippen molar-refractivity contribution in [2.24, 2.45) is 0 Å². The van der Waals surface area contributed by atoms with E-state index >= 15 is 0 Å². The third-order valence-corrected chi connectivity index (χ3v) is 4.07. The summed E-state index contributed by atoms with van der Waals surface area (Å²) < 4.78 is 11.0. The summed E-state index contributed by atoms with van der Waals surface area (Å²) in [6.45, 7) is 2.43. The van der Waals surface area contributed by atoms with Gasteiger partial charge in [0.15, 0.2) is 6.61 Å². The maximum Gasteiger partial charge on any atom is 0.258 e. The van der Waals surface area contributed by atoms with Crippen LogP contribution in [0.1, 0.15) is 17.2 Å². The number of ether oxygens (including phenoxy) is 2. The van der Waals surface area contributed by atoms with Gasteiger partial charge in [-0.05, 0) is 38.7 Å². The molecule has 2 aromatic carbocycles. The van der Waals surface area contributed by atoms with Crippen LogP contribution in [0, 0.1) is 6.92 Å². The number of benzene rings is 2. The van der Waals surface area contributed by atoms with E-state index in [0.29, 0.717) is 6.54 Å². The molecule has 2 rings (SSSR count). The Morgan fingerprint density at radius 1 is 1.08 bits per heavy atom. The Morgan fingerprint density at radius 2 is 1.72 bits per heavy atom. The molecule has 0 aliphatic rings. The average molecular weight is 342 g/mol. The van der Waals surface area contributed by atoms with Crippen LogP contribution in [-0.4, -0.2) is 45.2 Å². The third-order valence-electron chi connectivity index (χ3n) is 4.07. The fourth-order valence-corrected chi connectivity index (χ4v) is 2.64. The lowest BCUT2D eigenvalue weighted by Gasteiger charge is -2.26. The second kappa shape index (κ2) is 9.08. The number of methoxy groups -OCH3 is 1. The first-order valence-corrected chi connectivity index (χ1v) is 8.27. The van der Waals surface area contributed by atoms with Gasteiger partial charge in [-0.1, -0.05) is 36.4 Å². The highest BCUT2D eigenvalue weighted by molar-refractivity contribution is 5.77. The van der Waals surface area contributed by atoms with Crippen LogP contribution in [0.5, 0.6) is 11.5 Å². The third kappa shape index (κ3) is 5.22. The maximum absolute atomic E-state index is 12.2. The normalized spacial score (nSPS) is 11.9. The molecule has 0 bridgehead atoms. The van der Waals surface area contributed by atoms with E-state index in [9.17, 15) is 4.79 Å². The van der Waals surface area contributed by atoms with Gasteiger partial charge in [0.05, 0.1) is 13.2 Å². The lowest BCUT2D eigenvalue weighted by Crippen LogP contribution is -2.37. The number of rotatable bonds is 8. The van der Waals surface area contributed by atoms with Crippen LogP contribution >= 0.6 is 0 Å². The van der Waals surface area contributed by atoms with Crippen LogP contribution in [0.3, 0.4) is 0 Å². The molecule has 0 aliphatic heterocycles. The van der Waals surface area contributed by atoms with Gasteiger partial charge in [-0.25, -0.2) is 0 Å². The molecule has 5 nitrogen and oxygen atoms in total. The van der Waals surface area contributed by atoms with E-state index in [1.807, 2.05) is 69.6 Å². The first kappa shape index (κ1) is 18.8. The Kier molecular flexibility index (Phi) is 6.83. The zero-order valence-corrected chi connectivity index (χ0v) is 15.3. The second-order valence-electron chi connectivity index (χ2n) is 6.08.